The van der Waals surface area contributed by atoms with Crippen molar-refractivity contribution in [1.29, 1.82) is 0 Å². The van der Waals surface area contributed by atoms with Crippen LogP contribution < -0.4 is 11.1 Å². The molecule has 0 fully saturated rings. The summed E-state index contributed by atoms with van der Waals surface area (Å²) in [6.45, 7) is -0.418. The van der Waals surface area contributed by atoms with Gasteiger partial charge in [-0.2, -0.15) is 0 Å². The van der Waals surface area contributed by atoms with Gasteiger partial charge in [0, 0.05) is 5.69 Å². The van der Waals surface area contributed by atoms with E-state index in [1.807, 2.05) is 0 Å². The van der Waals surface area contributed by atoms with Gasteiger partial charge in [0.1, 0.15) is 0 Å². The number of nitrogens with one attached hydrogen (secondary N) is 1. The lowest BCUT2D eigenvalue weighted by Crippen LogP contribution is -2.21. The highest BCUT2D eigenvalue weighted by atomic mass is 35.5. The standard InChI is InChI=1S/C15H13ClN2O3/c16-11-6-2-4-8-13(11)18-14(19)9-21-15(20)10-5-1-3-7-12(10)17/h1-8H,9,17H2,(H,18,19). The first-order valence-corrected chi connectivity index (χ1v) is 6.51. The Morgan fingerprint density at radius 2 is 1.76 bits per heavy atom. The summed E-state index contributed by atoms with van der Waals surface area (Å²) in [6.07, 6.45) is 0. The maximum atomic E-state index is 11.8. The summed E-state index contributed by atoms with van der Waals surface area (Å²) in [5, 5.41) is 2.96. The summed E-state index contributed by atoms with van der Waals surface area (Å²) in [6, 6.07) is 13.3. The van der Waals surface area contributed by atoms with Crippen LogP contribution in [0, 0.1) is 0 Å². The van der Waals surface area contributed by atoms with Gasteiger partial charge in [-0.15, -0.1) is 0 Å². The Balaban J connectivity index is 1.91. The fraction of sp³-hybridized carbons (Fsp3) is 0.0667. The Morgan fingerprint density at radius 1 is 1.10 bits per heavy atom. The number of amides is 1. The van der Waals surface area contributed by atoms with Crippen LogP contribution in [0.4, 0.5) is 11.4 Å². The SMILES string of the molecule is Nc1ccccc1C(=O)OCC(=O)Nc1ccccc1Cl. The molecular weight excluding hydrogens is 292 g/mol. The van der Waals surface area contributed by atoms with Crippen LogP contribution in [0.1, 0.15) is 10.4 Å². The summed E-state index contributed by atoms with van der Waals surface area (Å²) >= 11 is 5.91. The van der Waals surface area contributed by atoms with Crippen LogP contribution >= 0.6 is 11.6 Å². The topological polar surface area (TPSA) is 81.4 Å². The molecule has 2 aromatic carbocycles. The minimum Gasteiger partial charge on any atom is -0.452 e. The Labute approximate surface area is 126 Å². The fourth-order valence-electron chi connectivity index (χ4n) is 1.64. The van der Waals surface area contributed by atoms with E-state index in [1.165, 1.54) is 6.07 Å². The van der Waals surface area contributed by atoms with Crippen LogP contribution in [-0.4, -0.2) is 18.5 Å². The normalized spacial score (nSPS) is 9.95. The summed E-state index contributed by atoms with van der Waals surface area (Å²) in [4.78, 5) is 23.5. The highest BCUT2D eigenvalue weighted by Crippen LogP contribution is 2.20. The molecule has 6 heteroatoms. The second kappa shape index (κ2) is 6.76. The zero-order valence-electron chi connectivity index (χ0n) is 11.0. The molecule has 0 spiro atoms. The highest BCUT2D eigenvalue weighted by molar-refractivity contribution is 6.33. The van der Waals surface area contributed by atoms with Crippen molar-refractivity contribution in [2.75, 3.05) is 17.7 Å². The van der Waals surface area contributed by atoms with Gasteiger partial charge in [0.2, 0.25) is 0 Å². The number of carbonyl (C=O) groups excluding carboxylic acids is 2. The zero-order chi connectivity index (χ0) is 15.2. The summed E-state index contributed by atoms with van der Waals surface area (Å²) < 4.78 is 4.91. The third kappa shape index (κ3) is 3.97. The van der Waals surface area contributed by atoms with Crippen LogP contribution in [0.15, 0.2) is 48.5 Å². The van der Waals surface area contributed by atoms with Crippen molar-refractivity contribution in [2.45, 2.75) is 0 Å². The van der Waals surface area contributed by atoms with Crippen molar-refractivity contribution in [1.82, 2.24) is 0 Å². The van der Waals surface area contributed by atoms with Crippen LogP contribution in [0.25, 0.3) is 0 Å². The molecule has 2 rings (SSSR count). The van der Waals surface area contributed by atoms with Gasteiger partial charge in [0.05, 0.1) is 16.3 Å². The number of carbonyl (C=O) groups is 2. The van der Waals surface area contributed by atoms with Gasteiger partial charge in [-0.05, 0) is 24.3 Å². The van der Waals surface area contributed by atoms with Gasteiger partial charge >= 0.3 is 5.97 Å². The Kier molecular flexibility index (Phi) is 4.79. The molecular formula is C15H13ClN2O3. The molecule has 0 aliphatic rings. The lowest BCUT2D eigenvalue weighted by atomic mass is 10.2. The molecule has 0 aromatic heterocycles. The van der Waals surface area contributed by atoms with Gasteiger partial charge in [-0.25, -0.2) is 4.79 Å². The van der Waals surface area contributed by atoms with E-state index in [0.717, 1.165) is 0 Å². The molecule has 0 bridgehead atoms. The first-order valence-electron chi connectivity index (χ1n) is 6.14. The molecule has 3 N–H and O–H groups in total. The Bertz CT molecular complexity index is 673. The number of nitrogens with two attached hydrogens (primary N) is 1. The molecule has 0 aliphatic carbocycles. The van der Waals surface area contributed by atoms with Crippen molar-refractivity contribution in [3.63, 3.8) is 0 Å². The van der Waals surface area contributed by atoms with Crippen molar-refractivity contribution in [3.8, 4) is 0 Å². The molecule has 0 atom stereocenters. The highest BCUT2D eigenvalue weighted by Gasteiger charge is 2.13. The van der Waals surface area contributed by atoms with Crippen molar-refractivity contribution >= 4 is 34.9 Å². The lowest BCUT2D eigenvalue weighted by Gasteiger charge is -2.08. The van der Waals surface area contributed by atoms with Crippen LogP contribution in [-0.2, 0) is 9.53 Å². The van der Waals surface area contributed by atoms with Crippen molar-refractivity contribution < 1.29 is 14.3 Å². The molecule has 0 saturated carbocycles. The molecule has 0 heterocycles. The summed E-state index contributed by atoms with van der Waals surface area (Å²) in [5.41, 5.74) is 6.64. The number of benzene rings is 2. The van der Waals surface area contributed by atoms with E-state index in [0.29, 0.717) is 16.4 Å². The lowest BCUT2D eigenvalue weighted by molar-refractivity contribution is -0.119. The van der Waals surface area contributed by atoms with E-state index in [-0.39, 0.29) is 5.56 Å². The zero-order valence-corrected chi connectivity index (χ0v) is 11.8. The number of esters is 1. The van der Waals surface area contributed by atoms with Gasteiger partial charge < -0.3 is 15.8 Å². The molecule has 108 valence electrons. The maximum absolute atomic E-state index is 11.8. The number of nitrogen functional groups attached to an aromatic ring is 1. The van der Waals surface area contributed by atoms with Gasteiger partial charge in [-0.3, -0.25) is 4.79 Å². The summed E-state index contributed by atoms with van der Waals surface area (Å²) in [5.74, 6) is -1.13. The molecule has 21 heavy (non-hydrogen) atoms. The van der Waals surface area contributed by atoms with Crippen LogP contribution in [0.5, 0.6) is 0 Å². The number of rotatable bonds is 4. The average molecular weight is 305 g/mol. The molecule has 1 amide bonds. The number of ether oxygens (including phenoxy) is 1. The molecule has 5 nitrogen and oxygen atoms in total. The minimum atomic E-state index is -0.651. The van der Waals surface area contributed by atoms with E-state index in [4.69, 9.17) is 22.1 Å². The first-order chi connectivity index (χ1) is 10.1. The number of hydrogen-bond donors (Lipinski definition) is 2. The van der Waals surface area contributed by atoms with Crippen LogP contribution in [0.3, 0.4) is 0 Å². The third-order valence-electron chi connectivity index (χ3n) is 2.66. The van der Waals surface area contributed by atoms with E-state index < -0.39 is 18.5 Å². The van der Waals surface area contributed by atoms with E-state index >= 15 is 0 Å². The van der Waals surface area contributed by atoms with Crippen molar-refractivity contribution in [3.05, 3.63) is 59.1 Å². The number of halogens is 1. The van der Waals surface area contributed by atoms with E-state index in [9.17, 15) is 9.59 Å². The van der Waals surface area contributed by atoms with Gasteiger partial charge in [0.15, 0.2) is 6.61 Å². The largest absolute Gasteiger partial charge is 0.452 e. The Morgan fingerprint density at radius 3 is 2.48 bits per heavy atom. The smallest absolute Gasteiger partial charge is 0.340 e. The van der Waals surface area contributed by atoms with E-state index in [2.05, 4.69) is 5.32 Å². The molecule has 2 aromatic rings. The quantitative estimate of drug-likeness (QED) is 0.672. The molecule has 0 radical (unpaired) electrons. The molecule has 0 aliphatic heterocycles. The summed E-state index contributed by atoms with van der Waals surface area (Å²) in [7, 11) is 0. The van der Waals surface area contributed by atoms with Gasteiger partial charge in [0.25, 0.3) is 5.91 Å². The first kappa shape index (κ1) is 14.9. The fourth-order valence-corrected chi connectivity index (χ4v) is 1.82. The predicted octanol–water partition coefficient (Wildman–Crippen LogP) is 2.72. The van der Waals surface area contributed by atoms with E-state index in [1.54, 1.807) is 42.5 Å². The van der Waals surface area contributed by atoms with Crippen LogP contribution in [0.2, 0.25) is 5.02 Å². The predicted molar refractivity (Wildman–Crippen MR) is 81.2 cm³/mol. The number of anilines is 2. The monoisotopic (exact) mass is 304 g/mol. The molecule has 0 unspecified atom stereocenters. The second-order valence-electron chi connectivity index (χ2n) is 4.19. The van der Waals surface area contributed by atoms with Gasteiger partial charge in [-0.1, -0.05) is 35.9 Å². The third-order valence-corrected chi connectivity index (χ3v) is 2.99. The number of para-hydroxylation sites is 2. The average Bonchev–Trinajstić information content (AvgIpc) is 2.48. The Hall–Kier alpha value is -2.53. The van der Waals surface area contributed by atoms with Crippen molar-refractivity contribution in [2.24, 2.45) is 0 Å². The maximum Gasteiger partial charge on any atom is 0.340 e. The molecule has 0 saturated heterocycles. The second-order valence-corrected chi connectivity index (χ2v) is 4.60. The minimum absolute atomic E-state index is 0.225. The number of hydrogen-bond acceptors (Lipinski definition) is 4.